The molecule has 2 heterocycles. The minimum atomic E-state index is -0.174. The summed E-state index contributed by atoms with van der Waals surface area (Å²) in [7, 11) is 0. The summed E-state index contributed by atoms with van der Waals surface area (Å²) >= 11 is 9.72. The molecule has 0 saturated carbocycles. The molecule has 0 aliphatic rings. The third-order valence-corrected chi connectivity index (χ3v) is 6.81. The van der Waals surface area contributed by atoms with Crippen molar-refractivity contribution in [1.29, 1.82) is 0 Å². The first-order chi connectivity index (χ1) is 15.7. The molecule has 33 heavy (non-hydrogen) atoms. The van der Waals surface area contributed by atoms with Crippen LogP contribution in [0.5, 0.6) is 0 Å². The van der Waals surface area contributed by atoms with E-state index in [1.54, 1.807) is 12.3 Å². The van der Waals surface area contributed by atoms with Gasteiger partial charge in [-0.05, 0) is 69.2 Å². The Morgan fingerprint density at radius 3 is 2.64 bits per heavy atom. The maximum atomic E-state index is 13.4. The molecule has 0 aliphatic carbocycles. The highest BCUT2D eigenvalue weighted by atomic mass is 79.9. The number of rotatable bonds is 5. The monoisotopic (exact) mass is 524 g/mol. The number of hydrogen-bond acceptors (Lipinski definition) is 3. The van der Waals surface area contributed by atoms with E-state index in [4.69, 9.17) is 16.6 Å². The molecule has 0 aliphatic heterocycles. The van der Waals surface area contributed by atoms with Crippen molar-refractivity contribution in [3.63, 3.8) is 0 Å². The lowest BCUT2D eigenvalue weighted by molar-refractivity contribution is 0.613. The van der Waals surface area contributed by atoms with Gasteiger partial charge in [0.15, 0.2) is 0 Å². The predicted octanol–water partition coefficient (Wildman–Crippen LogP) is 6.92. The van der Waals surface area contributed by atoms with Crippen LogP contribution in [0.3, 0.4) is 0 Å². The SMILES string of the molecule is CC[C@H](C)c1nc2ccc(Br)cc2c(=O)n1N=Cc1cc(C)n(-c2cc(Cl)ccc2C)c1C. The zero-order valence-corrected chi connectivity index (χ0v) is 21.7. The first kappa shape index (κ1) is 23.5. The minimum absolute atomic E-state index is 0.0874. The van der Waals surface area contributed by atoms with Gasteiger partial charge in [-0.25, -0.2) is 4.98 Å². The van der Waals surface area contributed by atoms with Gasteiger partial charge >= 0.3 is 0 Å². The largest absolute Gasteiger partial charge is 0.318 e. The average Bonchev–Trinajstić information content (AvgIpc) is 3.07. The lowest BCUT2D eigenvalue weighted by Gasteiger charge is -2.14. The maximum absolute atomic E-state index is 13.4. The van der Waals surface area contributed by atoms with Crippen molar-refractivity contribution in [2.75, 3.05) is 0 Å². The molecule has 0 unspecified atom stereocenters. The molecule has 4 rings (SSSR count). The summed E-state index contributed by atoms with van der Waals surface area (Å²) in [6.07, 6.45) is 2.60. The summed E-state index contributed by atoms with van der Waals surface area (Å²) < 4.78 is 4.44. The average molecular weight is 526 g/mol. The normalized spacial score (nSPS) is 12.7. The van der Waals surface area contributed by atoms with Crippen LogP contribution in [-0.2, 0) is 0 Å². The highest BCUT2D eigenvalue weighted by molar-refractivity contribution is 9.10. The van der Waals surface area contributed by atoms with E-state index in [9.17, 15) is 4.79 Å². The lowest BCUT2D eigenvalue weighted by Crippen LogP contribution is -2.23. The second-order valence-corrected chi connectivity index (χ2v) is 9.75. The van der Waals surface area contributed by atoms with Crippen LogP contribution in [0.15, 0.2) is 56.8 Å². The van der Waals surface area contributed by atoms with Gasteiger partial charge in [0.2, 0.25) is 0 Å². The molecule has 4 aromatic rings. The molecule has 0 saturated heterocycles. The quantitative estimate of drug-likeness (QED) is 0.265. The van der Waals surface area contributed by atoms with Crippen LogP contribution < -0.4 is 5.56 Å². The van der Waals surface area contributed by atoms with Gasteiger partial charge in [-0.3, -0.25) is 4.79 Å². The molecule has 7 heteroatoms. The van der Waals surface area contributed by atoms with Crippen LogP contribution in [-0.4, -0.2) is 20.4 Å². The molecular formula is C26H26BrClN4O. The smallest absolute Gasteiger partial charge is 0.282 e. The van der Waals surface area contributed by atoms with Crippen molar-refractivity contribution in [3.8, 4) is 5.69 Å². The zero-order valence-electron chi connectivity index (χ0n) is 19.4. The van der Waals surface area contributed by atoms with Gasteiger partial charge in [0.25, 0.3) is 5.56 Å². The topological polar surface area (TPSA) is 52.2 Å². The van der Waals surface area contributed by atoms with Crippen LogP contribution in [0.2, 0.25) is 5.02 Å². The van der Waals surface area contributed by atoms with E-state index in [1.165, 1.54) is 4.68 Å². The Balaban J connectivity index is 1.86. The van der Waals surface area contributed by atoms with E-state index in [-0.39, 0.29) is 11.5 Å². The molecule has 0 N–H and O–H groups in total. The molecule has 0 amide bonds. The Hall–Kier alpha value is -2.70. The van der Waals surface area contributed by atoms with Crippen molar-refractivity contribution in [2.45, 2.75) is 47.0 Å². The van der Waals surface area contributed by atoms with Gasteiger partial charge < -0.3 is 4.57 Å². The fourth-order valence-electron chi connectivity index (χ4n) is 4.01. The maximum Gasteiger partial charge on any atom is 0.282 e. The number of hydrogen-bond donors (Lipinski definition) is 0. The van der Waals surface area contributed by atoms with Crippen molar-refractivity contribution >= 4 is 44.6 Å². The van der Waals surface area contributed by atoms with Crippen LogP contribution in [0.1, 0.15) is 54.5 Å². The van der Waals surface area contributed by atoms with E-state index in [0.717, 1.165) is 39.1 Å². The summed E-state index contributed by atoms with van der Waals surface area (Å²) in [6.45, 7) is 10.3. The van der Waals surface area contributed by atoms with Gasteiger partial charge in [-0.15, -0.1) is 0 Å². The van der Waals surface area contributed by atoms with Crippen molar-refractivity contribution < 1.29 is 0 Å². The van der Waals surface area contributed by atoms with E-state index in [0.29, 0.717) is 21.7 Å². The van der Waals surface area contributed by atoms with Gasteiger partial charge in [0.05, 0.1) is 17.1 Å². The number of fused-ring (bicyclic) bond motifs is 1. The van der Waals surface area contributed by atoms with Gasteiger partial charge in [-0.1, -0.05) is 47.4 Å². The van der Waals surface area contributed by atoms with Gasteiger partial charge in [0, 0.05) is 38.1 Å². The molecule has 2 aromatic heterocycles. The summed E-state index contributed by atoms with van der Waals surface area (Å²) in [5, 5.41) is 5.86. The summed E-state index contributed by atoms with van der Waals surface area (Å²) in [5.41, 5.74) is 5.69. The fraction of sp³-hybridized carbons (Fsp3) is 0.269. The molecule has 2 aromatic carbocycles. The third-order valence-electron chi connectivity index (χ3n) is 6.08. The van der Waals surface area contributed by atoms with Crippen LogP contribution in [0, 0.1) is 20.8 Å². The van der Waals surface area contributed by atoms with Gasteiger partial charge in [0.1, 0.15) is 5.82 Å². The second-order valence-electron chi connectivity index (χ2n) is 8.39. The van der Waals surface area contributed by atoms with E-state index in [2.05, 4.69) is 59.4 Å². The summed E-state index contributed by atoms with van der Waals surface area (Å²) in [4.78, 5) is 18.2. The predicted molar refractivity (Wildman–Crippen MR) is 140 cm³/mol. The molecule has 0 bridgehead atoms. The number of aromatic nitrogens is 3. The lowest BCUT2D eigenvalue weighted by atomic mass is 10.1. The Labute approximate surface area is 206 Å². The summed E-state index contributed by atoms with van der Waals surface area (Å²) in [5.74, 6) is 0.748. The third kappa shape index (κ3) is 4.42. The van der Waals surface area contributed by atoms with Crippen LogP contribution in [0.25, 0.3) is 16.6 Å². The Morgan fingerprint density at radius 2 is 1.91 bits per heavy atom. The first-order valence-corrected chi connectivity index (χ1v) is 12.1. The molecule has 170 valence electrons. The summed E-state index contributed by atoms with van der Waals surface area (Å²) in [6, 6.07) is 13.5. The zero-order chi connectivity index (χ0) is 23.9. The molecule has 0 fully saturated rings. The Kier molecular flexibility index (Phi) is 6.59. The van der Waals surface area contributed by atoms with Crippen molar-refractivity contribution in [3.05, 3.63) is 90.7 Å². The van der Waals surface area contributed by atoms with Gasteiger partial charge in [-0.2, -0.15) is 9.78 Å². The van der Waals surface area contributed by atoms with E-state index >= 15 is 0 Å². The number of halogens is 2. The van der Waals surface area contributed by atoms with Crippen molar-refractivity contribution in [1.82, 2.24) is 14.2 Å². The molecule has 1 atom stereocenters. The Bertz CT molecular complexity index is 1450. The second kappa shape index (κ2) is 9.27. The van der Waals surface area contributed by atoms with Crippen LogP contribution >= 0.6 is 27.5 Å². The standard InChI is InChI=1S/C26H26BrClN4O/c1-6-15(2)25-30-23-10-8-20(27)12-22(23)26(33)32(25)29-14-19-11-17(4)31(18(19)5)24-13-21(28)9-7-16(24)3/h7-15H,6H2,1-5H3/t15-/m0/s1. The first-order valence-electron chi connectivity index (χ1n) is 10.9. The number of benzene rings is 2. The molecule has 0 spiro atoms. The van der Waals surface area contributed by atoms with E-state index in [1.807, 2.05) is 37.3 Å². The van der Waals surface area contributed by atoms with E-state index < -0.39 is 0 Å². The molecule has 0 radical (unpaired) electrons. The molecular weight excluding hydrogens is 500 g/mol. The number of aryl methyl sites for hydroxylation is 2. The van der Waals surface area contributed by atoms with Crippen molar-refractivity contribution in [2.24, 2.45) is 5.10 Å². The number of nitrogens with zero attached hydrogens (tertiary/aromatic N) is 4. The highest BCUT2D eigenvalue weighted by Crippen LogP contribution is 2.26. The fourth-order valence-corrected chi connectivity index (χ4v) is 4.54. The Morgan fingerprint density at radius 1 is 1.15 bits per heavy atom. The van der Waals surface area contributed by atoms with Crippen LogP contribution in [0.4, 0.5) is 0 Å². The highest BCUT2D eigenvalue weighted by Gasteiger charge is 2.16. The minimum Gasteiger partial charge on any atom is -0.318 e. The molecule has 5 nitrogen and oxygen atoms in total.